The molecular formula is C44H81NO7P+. The zero-order valence-electron chi connectivity index (χ0n) is 34.7. The second kappa shape index (κ2) is 37.1. The molecule has 0 aromatic rings. The summed E-state index contributed by atoms with van der Waals surface area (Å²) in [5.41, 5.74) is 0. The summed E-state index contributed by atoms with van der Waals surface area (Å²) in [7, 11) is 1.64. The van der Waals surface area contributed by atoms with Gasteiger partial charge in [-0.1, -0.05) is 139 Å². The Morgan fingerprint density at radius 3 is 1.66 bits per heavy atom. The maximum Gasteiger partial charge on any atom is 0.472 e. The largest absolute Gasteiger partial charge is 0.472 e. The number of allylic oxidation sites excluding steroid dienone is 10. The van der Waals surface area contributed by atoms with Gasteiger partial charge in [0.2, 0.25) is 0 Å². The summed E-state index contributed by atoms with van der Waals surface area (Å²) in [6.07, 6.45) is 45.3. The number of unbranched alkanes of at least 4 members (excludes halogenated alkanes) is 14. The summed E-state index contributed by atoms with van der Waals surface area (Å²) in [5, 5.41) is 0. The first-order chi connectivity index (χ1) is 25.6. The van der Waals surface area contributed by atoms with Crippen LogP contribution in [0.25, 0.3) is 0 Å². The van der Waals surface area contributed by atoms with Gasteiger partial charge in [0.1, 0.15) is 19.3 Å². The molecule has 0 rings (SSSR count). The lowest BCUT2D eigenvalue weighted by atomic mass is 10.1. The van der Waals surface area contributed by atoms with Crippen molar-refractivity contribution in [3.63, 3.8) is 0 Å². The number of hydrogen-bond acceptors (Lipinski definition) is 6. The molecule has 8 nitrogen and oxygen atoms in total. The van der Waals surface area contributed by atoms with Gasteiger partial charge in [-0.25, -0.2) is 4.57 Å². The predicted molar refractivity (Wildman–Crippen MR) is 224 cm³/mol. The summed E-state index contributed by atoms with van der Waals surface area (Å²) in [6, 6.07) is 0. The molecule has 0 amide bonds. The molecule has 0 fully saturated rings. The highest BCUT2D eigenvalue weighted by molar-refractivity contribution is 7.47. The van der Waals surface area contributed by atoms with Crippen molar-refractivity contribution >= 4 is 13.8 Å². The van der Waals surface area contributed by atoms with E-state index in [2.05, 4.69) is 74.6 Å². The second-order valence-electron chi connectivity index (χ2n) is 15.0. The molecule has 2 unspecified atom stereocenters. The molecule has 2 atom stereocenters. The molecule has 0 saturated carbocycles. The van der Waals surface area contributed by atoms with Crippen LogP contribution in [0, 0.1) is 0 Å². The molecule has 0 aromatic heterocycles. The van der Waals surface area contributed by atoms with Gasteiger partial charge in [0.15, 0.2) is 0 Å². The Kier molecular flexibility index (Phi) is 35.9. The van der Waals surface area contributed by atoms with E-state index in [1.807, 2.05) is 21.1 Å². The molecule has 0 bridgehead atoms. The molecule has 1 N–H and O–H groups in total. The number of carbonyl (C=O) groups is 1. The van der Waals surface area contributed by atoms with E-state index < -0.39 is 13.9 Å². The van der Waals surface area contributed by atoms with E-state index in [0.29, 0.717) is 24.1 Å². The first-order valence-corrected chi connectivity index (χ1v) is 22.5. The van der Waals surface area contributed by atoms with E-state index in [4.69, 9.17) is 18.5 Å². The number of quaternary nitrogens is 1. The van der Waals surface area contributed by atoms with E-state index in [9.17, 15) is 14.3 Å². The van der Waals surface area contributed by atoms with Crippen LogP contribution in [0.1, 0.15) is 155 Å². The fourth-order valence-electron chi connectivity index (χ4n) is 5.29. The van der Waals surface area contributed by atoms with Gasteiger partial charge in [0.25, 0.3) is 0 Å². The van der Waals surface area contributed by atoms with Gasteiger partial charge in [-0.05, 0) is 70.6 Å². The van der Waals surface area contributed by atoms with E-state index in [1.54, 1.807) is 0 Å². The zero-order chi connectivity index (χ0) is 39.1. The van der Waals surface area contributed by atoms with Gasteiger partial charge in [0, 0.05) is 13.0 Å². The van der Waals surface area contributed by atoms with Crippen LogP contribution < -0.4 is 0 Å². The minimum atomic E-state index is -4.28. The number of ether oxygens (including phenoxy) is 2. The van der Waals surface area contributed by atoms with Gasteiger partial charge < -0.3 is 18.9 Å². The van der Waals surface area contributed by atoms with Crippen LogP contribution in [0.5, 0.6) is 0 Å². The van der Waals surface area contributed by atoms with Crippen molar-refractivity contribution in [1.29, 1.82) is 0 Å². The van der Waals surface area contributed by atoms with Crippen LogP contribution in [0.2, 0.25) is 0 Å². The van der Waals surface area contributed by atoms with E-state index in [-0.39, 0.29) is 25.8 Å². The Hall–Kier alpha value is -1.80. The molecular weight excluding hydrogens is 685 g/mol. The zero-order valence-corrected chi connectivity index (χ0v) is 35.6. The maximum absolute atomic E-state index is 12.7. The molecule has 0 aliphatic rings. The van der Waals surface area contributed by atoms with Crippen molar-refractivity contribution in [2.75, 3.05) is 54.1 Å². The Morgan fingerprint density at radius 1 is 0.604 bits per heavy atom. The molecule has 0 spiro atoms. The van der Waals surface area contributed by atoms with Gasteiger partial charge in [-0.15, -0.1) is 0 Å². The van der Waals surface area contributed by atoms with Gasteiger partial charge >= 0.3 is 13.8 Å². The maximum atomic E-state index is 12.7. The van der Waals surface area contributed by atoms with Crippen molar-refractivity contribution in [2.24, 2.45) is 0 Å². The van der Waals surface area contributed by atoms with Crippen LogP contribution in [-0.2, 0) is 27.9 Å². The average molecular weight is 767 g/mol. The molecule has 308 valence electrons. The highest BCUT2D eigenvalue weighted by Gasteiger charge is 2.26. The Bertz CT molecular complexity index is 1030. The number of phosphoric ester groups is 1. The minimum Gasteiger partial charge on any atom is -0.457 e. The number of hydrogen-bond donors (Lipinski definition) is 1. The summed E-state index contributed by atoms with van der Waals surface area (Å²) in [4.78, 5) is 22.8. The molecule has 0 heterocycles. The minimum absolute atomic E-state index is 0.0817. The highest BCUT2D eigenvalue weighted by Crippen LogP contribution is 2.43. The van der Waals surface area contributed by atoms with Crippen molar-refractivity contribution in [2.45, 2.75) is 161 Å². The van der Waals surface area contributed by atoms with Crippen LogP contribution in [0.4, 0.5) is 0 Å². The lowest BCUT2D eigenvalue weighted by molar-refractivity contribution is -0.870. The highest BCUT2D eigenvalue weighted by atomic mass is 31.2. The van der Waals surface area contributed by atoms with Crippen molar-refractivity contribution in [3.05, 3.63) is 60.8 Å². The van der Waals surface area contributed by atoms with Crippen molar-refractivity contribution in [3.8, 4) is 0 Å². The number of esters is 1. The SMILES string of the molecule is CC/C=C\C/C=C\C/C=C\C/C=C\CCCCCCCCC(=O)OC(COCCCCCCCC/C=C\CCCC)COP(=O)(O)OCC[N+](C)(C)C. The summed E-state index contributed by atoms with van der Waals surface area (Å²) in [6.45, 7) is 5.43. The van der Waals surface area contributed by atoms with E-state index in [0.717, 1.165) is 70.6 Å². The third kappa shape index (κ3) is 41.2. The summed E-state index contributed by atoms with van der Waals surface area (Å²) < 4.78 is 34.9. The third-order valence-corrected chi connectivity index (χ3v) is 9.55. The number of likely N-dealkylation sites (N-methyl/N-ethyl adjacent to an activating group) is 1. The van der Waals surface area contributed by atoms with Crippen LogP contribution >= 0.6 is 7.82 Å². The molecule has 53 heavy (non-hydrogen) atoms. The summed E-state index contributed by atoms with van der Waals surface area (Å²) in [5.74, 6) is -0.333. The molecule has 0 saturated heterocycles. The van der Waals surface area contributed by atoms with Gasteiger partial charge in [-0.3, -0.25) is 13.8 Å². The quantitative estimate of drug-likeness (QED) is 0.0220. The van der Waals surface area contributed by atoms with Crippen LogP contribution in [0.15, 0.2) is 60.8 Å². The number of rotatable bonds is 38. The van der Waals surface area contributed by atoms with Gasteiger partial charge in [0.05, 0.1) is 34.4 Å². The van der Waals surface area contributed by atoms with Crippen molar-refractivity contribution in [1.82, 2.24) is 0 Å². The summed E-state index contributed by atoms with van der Waals surface area (Å²) >= 11 is 0. The van der Waals surface area contributed by atoms with Crippen LogP contribution in [0.3, 0.4) is 0 Å². The first kappa shape index (κ1) is 51.2. The number of nitrogens with zero attached hydrogens (tertiary/aromatic N) is 1. The Labute approximate surface area is 326 Å². The molecule has 0 radical (unpaired) electrons. The molecule has 0 aliphatic carbocycles. The van der Waals surface area contributed by atoms with Crippen LogP contribution in [-0.4, -0.2) is 75.6 Å². The van der Waals surface area contributed by atoms with E-state index >= 15 is 0 Å². The average Bonchev–Trinajstić information content (AvgIpc) is 3.11. The Balaban J connectivity index is 4.28. The molecule has 0 aliphatic heterocycles. The predicted octanol–water partition coefficient (Wildman–Crippen LogP) is 12.2. The smallest absolute Gasteiger partial charge is 0.457 e. The molecule has 9 heteroatoms. The number of phosphoric acid groups is 1. The molecule has 0 aromatic carbocycles. The second-order valence-corrected chi connectivity index (χ2v) is 16.4. The fraction of sp³-hybridized carbons (Fsp3) is 0.750. The number of carbonyl (C=O) groups excluding carboxylic acids is 1. The normalized spacial score (nSPS) is 14.5. The van der Waals surface area contributed by atoms with Gasteiger partial charge in [-0.2, -0.15) is 0 Å². The topological polar surface area (TPSA) is 91.3 Å². The van der Waals surface area contributed by atoms with E-state index in [1.165, 1.54) is 64.2 Å². The monoisotopic (exact) mass is 767 g/mol. The Morgan fingerprint density at radius 2 is 1.09 bits per heavy atom. The fourth-order valence-corrected chi connectivity index (χ4v) is 6.03. The third-order valence-electron chi connectivity index (χ3n) is 8.56. The standard InChI is InChI=1S/C44H80NO7P/c1-6-8-10-12-14-16-18-20-21-22-23-24-25-26-27-29-31-33-35-37-44(46)52-43(42-51-53(47,48)50-40-38-45(3,4)5)41-49-39-36-34-32-30-28-19-17-15-13-11-9-7-2/h8,10,13-16,20-21,23-24,43H,6-7,9,11-12,17-19,22,25-42H2,1-5H3/p+1/b10-8-,15-13-,16-14-,21-20-,24-23-. The lowest BCUT2D eigenvalue weighted by Crippen LogP contribution is -2.37. The lowest BCUT2D eigenvalue weighted by Gasteiger charge is -2.24. The van der Waals surface area contributed by atoms with Crippen molar-refractivity contribution < 1.29 is 37.3 Å². The first-order valence-electron chi connectivity index (χ1n) is 21.0.